The van der Waals surface area contributed by atoms with Crippen LogP contribution in [-0.2, 0) is 4.79 Å². The van der Waals surface area contributed by atoms with Crippen LogP contribution in [-0.4, -0.2) is 19.0 Å². The van der Waals surface area contributed by atoms with E-state index in [1.54, 1.807) is 0 Å². The smallest absolute Gasteiger partial charge is 0.238 e. The van der Waals surface area contributed by atoms with Gasteiger partial charge in [0.15, 0.2) is 0 Å². The number of carbonyl (C=O) groups excluding carboxylic acids is 1. The molecule has 18 heavy (non-hydrogen) atoms. The Bertz CT molecular complexity index is 440. The molecular formula is C15H22N2O. The average Bonchev–Trinajstić information content (AvgIpc) is 2.86. The number of nitrogens with one attached hydrogen (secondary N) is 2. The van der Waals surface area contributed by atoms with Crippen LogP contribution in [0.3, 0.4) is 0 Å². The highest BCUT2D eigenvalue weighted by molar-refractivity contribution is 5.92. The van der Waals surface area contributed by atoms with Gasteiger partial charge < -0.3 is 10.6 Å². The summed E-state index contributed by atoms with van der Waals surface area (Å²) >= 11 is 0. The molecule has 0 saturated heterocycles. The van der Waals surface area contributed by atoms with Gasteiger partial charge in [0.2, 0.25) is 5.91 Å². The lowest BCUT2D eigenvalue weighted by Crippen LogP contribution is -2.30. The third-order valence-electron chi connectivity index (χ3n) is 3.70. The standard InChI is InChI=1S/C15H22N2O/c1-11-5-4-6-13(7-11)17-14(18)10-16-9-12-8-15(12,2)3/h4-7,12,16H,8-10H2,1-3H3,(H,17,18). The van der Waals surface area contributed by atoms with Gasteiger partial charge in [-0.15, -0.1) is 0 Å². The largest absolute Gasteiger partial charge is 0.325 e. The molecule has 1 unspecified atom stereocenters. The monoisotopic (exact) mass is 246 g/mol. The van der Waals surface area contributed by atoms with E-state index < -0.39 is 0 Å². The number of amides is 1. The predicted molar refractivity (Wildman–Crippen MR) is 74.6 cm³/mol. The van der Waals surface area contributed by atoms with E-state index in [-0.39, 0.29) is 5.91 Å². The van der Waals surface area contributed by atoms with Crippen LogP contribution in [0, 0.1) is 18.3 Å². The van der Waals surface area contributed by atoms with Gasteiger partial charge in [0, 0.05) is 5.69 Å². The van der Waals surface area contributed by atoms with Crippen molar-refractivity contribution in [2.75, 3.05) is 18.4 Å². The van der Waals surface area contributed by atoms with Crippen LogP contribution in [0.5, 0.6) is 0 Å². The van der Waals surface area contributed by atoms with Gasteiger partial charge in [0.25, 0.3) is 0 Å². The van der Waals surface area contributed by atoms with Crippen LogP contribution >= 0.6 is 0 Å². The summed E-state index contributed by atoms with van der Waals surface area (Å²) in [7, 11) is 0. The van der Waals surface area contributed by atoms with Gasteiger partial charge in [-0.05, 0) is 48.9 Å². The van der Waals surface area contributed by atoms with E-state index in [1.165, 1.54) is 6.42 Å². The van der Waals surface area contributed by atoms with Crippen LogP contribution in [0.25, 0.3) is 0 Å². The molecular weight excluding hydrogens is 224 g/mol. The van der Waals surface area contributed by atoms with Crippen molar-refractivity contribution < 1.29 is 4.79 Å². The molecule has 0 radical (unpaired) electrons. The highest BCUT2D eigenvalue weighted by Crippen LogP contribution is 2.50. The molecule has 1 aliphatic rings. The Morgan fingerprint density at radius 3 is 2.78 bits per heavy atom. The summed E-state index contributed by atoms with van der Waals surface area (Å²) in [5, 5.41) is 6.12. The third-order valence-corrected chi connectivity index (χ3v) is 3.70. The van der Waals surface area contributed by atoms with Gasteiger partial charge in [-0.1, -0.05) is 26.0 Å². The minimum Gasteiger partial charge on any atom is -0.325 e. The molecule has 0 spiro atoms. The maximum Gasteiger partial charge on any atom is 0.238 e. The summed E-state index contributed by atoms with van der Waals surface area (Å²) in [5.41, 5.74) is 2.49. The maximum atomic E-state index is 11.7. The van der Waals surface area contributed by atoms with E-state index in [4.69, 9.17) is 0 Å². The Kier molecular flexibility index (Phi) is 3.71. The highest BCUT2D eigenvalue weighted by atomic mass is 16.1. The molecule has 3 heteroatoms. The van der Waals surface area contributed by atoms with Gasteiger partial charge in [-0.3, -0.25) is 4.79 Å². The van der Waals surface area contributed by atoms with Crippen molar-refractivity contribution in [3.8, 4) is 0 Å². The topological polar surface area (TPSA) is 41.1 Å². The summed E-state index contributed by atoms with van der Waals surface area (Å²) < 4.78 is 0. The molecule has 1 aromatic rings. The van der Waals surface area contributed by atoms with Crippen molar-refractivity contribution >= 4 is 11.6 Å². The molecule has 1 fully saturated rings. The number of carbonyl (C=O) groups is 1. The Balaban J connectivity index is 1.69. The fourth-order valence-electron chi connectivity index (χ4n) is 2.21. The Morgan fingerprint density at radius 1 is 1.44 bits per heavy atom. The molecule has 1 aromatic carbocycles. The first kappa shape index (κ1) is 13.1. The average molecular weight is 246 g/mol. The first-order chi connectivity index (χ1) is 8.47. The third kappa shape index (κ3) is 3.57. The Hall–Kier alpha value is -1.35. The van der Waals surface area contributed by atoms with Gasteiger partial charge in [-0.2, -0.15) is 0 Å². The van der Waals surface area contributed by atoms with Crippen molar-refractivity contribution in [1.29, 1.82) is 0 Å². The number of hydrogen-bond donors (Lipinski definition) is 2. The fraction of sp³-hybridized carbons (Fsp3) is 0.533. The first-order valence-electron chi connectivity index (χ1n) is 6.54. The van der Waals surface area contributed by atoms with E-state index in [1.807, 2.05) is 31.2 Å². The lowest BCUT2D eigenvalue weighted by molar-refractivity contribution is -0.115. The molecule has 1 amide bonds. The van der Waals surface area contributed by atoms with E-state index in [0.29, 0.717) is 12.0 Å². The lowest BCUT2D eigenvalue weighted by Gasteiger charge is -2.08. The van der Waals surface area contributed by atoms with Crippen LogP contribution in [0.2, 0.25) is 0 Å². The summed E-state index contributed by atoms with van der Waals surface area (Å²) in [6.45, 7) is 7.89. The zero-order valence-electron chi connectivity index (χ0n) is 11.4. The van der Waals surface area contributed by atoms with E-state index in [2.05, 4.69) is 24.5 Å². The van der Waals surface area contributed by atoms with Gasteiger partial charge in [-0.25, -0.2) is 0 Å². The van der Waals surface area contributed by atoms with Crippen molar-refractivity contribution in [2.24, 2.45) is 11.3 Å². The summed E-state index contributed by atoms with van der Waals surface area (Å²) in [6.07, 6.45) is 1.26. The molecule has 1 aliphatic carbocycles. The van der Waals surface area contributed by atoms with Crippen LogP contribution in [0.4, 0.5) is 5.69 Å². The summed E-state index contributed by atoms with van der Waals surface area (Å²) in [6, 6.07) is 7.85. The number of anilines is 1. The number of benzene rings is 1. The second-order valence-electron chi connectivity index (χ2n) is 5.94. The molecule has 0 bridgehead atoms. The molecule has 0 aromatic heterocycles. The zero-order valence-corrected chi connectivity index (χ0v) is 11.4. The molecule has 2 rings (SSSR count). The van der Waals surface area contributed by atoms with Gasteiger partial charge >= 0.3 is 0 Å². The predicted octanol–water partition coefficient (Wildman–Crippen LogP) is 2.57. The second kappa shape index (κ2) is 5.11. The van der Waals surface area contributed by atoms with Crippen molar-refractivity contribution in [2.45, 2.75) is 27.2 Å². The van der Waals surface area contributed by atoms with Crippen LogP contribution < -0.4 is 10.6 Å². The van der Waals surface area contributed by atoms with Crippen molar-refractivity contribution in [3.05, 3.63) is 29.8 Å². The molecule has 0 heterocycles. The van der Waals surface area contributed by atoms with Crippen LogP contribution in [0.1, 0.15) is 25.8 Å². The Labute approximate surface area is 109 Å². The first-order valence-corrected chi connectivity index (χ1v) is 6.54. The highest BCUT2D eigenvalue weighted by Gasteiger charge is 2.44. The Morgan fingerprint density at radius 2 is 2.17 bits per heavy atom. The zero-order chi connectivity index (χ0) is 13.2. The summed E-state index contributed by atoms with van der Waals surface area (Å²) in [5.74, 6) is 0.753. The van der Waals surface area contributed by atoms with Crippen LogP contribution in [0.15, 0.2) is 24.3 Å². The van der Waals surface area contributed by atoms with E-state index in [0.717, 1.165) is 23.7 Å². The summed E-state index contributed by atoms with van der Waals surface area (Å²) in [4.78, 5) is 11.7. The minimum absolute atomic E-state index is 0.0269. The SMILES string of the molecule is Cc1cccc(NC(=O)CNCC2CC2(C)C)c1. The fourth-order valence-corrected chi connectivity index (χ4v) is 2.21. The molecule has 98 valence electrons. The molecule has 3 nitrogen and oxygen atoms in total. The minimum atomic E-state index is 0.0269. The van der Waals surface area contributed by atoms with Crippen molar-refractivity contribution in [3.63, 3.8) is 0 Å². The van der Waals surface area contributed by atoms with Crippen molar-refractivity contribution in [1.82, 2.24) is 5.32 Å². The number of aryl methyl sites for hydroxylation is 1. The normalized spacial score (nSPS) is 20.5. The second-order valence-corrected chi connectivity index (χ2v) is 5.94. The van der Waals surface area contributed by atoms with E-state index >= 15 is 0 Å². The number of rotatable bonds is 5. The number of hydrogen-bond acceptors (Lipinski definition) is 2. The molecule has 1 atom stereocenters. The lowest BCUT2D eigenvalue weighted by atomic mass is 10.1. The van der Waals surface area contributed by atoms with Gasteiger partial charge in [0.05, 0.1) is 6.54 Å². The quantitative estimate of drug-likeness (QED) is 0.838. The van der Waals surface area contributed by atoms with Gasteiger partial charge in [0.1, 0.15) is 0 Å². The molecule has 2 N–H and O–H groups in total. The molecule has 0 aliphatic heterocycles. The van der Waals surface area contributed by atoms with E-state index in [9.17, 15) is 4.79 Å². The maximum absolute atomic E-state index is 11.7. The molecule has 1 saturated carbocycles.